The van der Waals surface area contributed by atoms with Crippen molar-refractivity contribution in [2.45, 2.75) is 13.0 Å². The van der Waals surface area contributed by atoms with Crippen LogP contribution in [0.25, 0.3) is 11.2 Å². The Morgan fingerprint density at radius 1 is 1.28 bits per heavy atom. The number of hydrogen-bond donors (Lipinski definition) is 1. The number of fused-ring (bicyclic) bond motifs is 1. The fourth-order valence-electron chi connectivity index (χ4n) is 1.71. The Labute approximate surface area is 103 Å². The van der Waals surface area contributed by atoms with Gasteiger partial charge in [-0.2, -0.15) is 15.3 Å². The molecule has 3 aromatic heterocycles. The van der Waals surface area contributed by atoms with Crippen LogP contribution in [0.1, 0.15) is 5.69 Å². The van der Waals surface area contributed by atoms with Crippen LogP contribution in [0, 0.1) is 0 Å². The van der Waals surface area contributed by atoms with Crippen molar-refractivity contribution in [3.8, 4) is 0 Å². The van der Waals surface area contributed by atoms with Crippen LogP contribution in [0.4, 0.5) is 5.82 Å². The Bertz CT molecular complexity index is 661. The van der Waals surface area contributed by atoms with E-state index in [2.05, 4.69) is 25.3 Å². The Hall–Kier alpha value is -2.57. The second-order valence-electron chi connectivity index (χ2n) is 3.84. The van der Waals surface area contributed by atoms with Crippen LogP contribution < -0.4 is 5.73 Å². The van der Waals surface area contributed by atoms with Crippen molar-refractivity contribution < 1.29 is 0 Å². The van der Waals surface area contributed by atoms with E-state index in [4.69, 9.17) is 5.73 Å². The summed E-state index contributed by atoms with van der Waals surface area (Å²) in [5, 5.41) is 12.1. The van der Waals surface area contributed by atoms with E-state index in [0.717, 1.165) is 17.6 Å². The van der Waals surface area contributed by atoms with Gasteiger partial charge in [0.15, 0.2) is 5.65 Å². The van der Waals surface area contributed by atoms with Crippen LogP contribution >= 0.6 is 0 Å². The third-order valence-corrected chi connectivity index (χ3v) is 2.57. The molecule has 0 aliphatic rings. The predicted octanol–water partition coefficient (Wildman–Crippen LogP) is 0.441. The molecule has 3 aromatic rings. The van der Waals surface area contributed by atoms with Crippen LogP contribution in [-0.4, -0.2) is 29.9 Å². The van der Waals surface area contributed by atoms with Crippen LogP contribution in [0.2, 0.25) is 0 Å². The summed E-state index contributed by atoms with van der Waals surface area (Å²) in [7, 11) is 0. The maximum atomic E-state index is 5.62. The monoisotopic (exact) mass is 241 g/mol. The molecule has 0 aliphatic heterocycles. The number of hydrogen-bond acceptors (Lipinski definition) is 6. The predicted molar refractivity (Wildman–Crippen MR) is 65.5 cm³/mol. The van der Waals surface area contributed by atoms with Gasteiger partial charge in [0, 0.05) is 19.2 Å². The number of nitrogen functional groups attached to an aromatic ring is 1. The molecule has 0 atom stereocenters. The van der Waals surface area contributed by atoms with Crippen molar-refractivity contribution in [1.29, 1.82) is 0 Å². The first-order valence-electron chi connectivity index (χ1n) is 5.53. The van der Waals surface area contributed by atoms with Gasteiger partial charge < -0.3 is 5.73 Å². The molecule has 90 valence electrons. The molecule has 7 heteroatoms. The van der Waals surface area contributed by atoms with E-state index in [1.807, 2.05) is 12.1 Å². The van der Waals surface area contributed by atoms with Crippen molar-refractivity contribution in [1.82, 2.24) is 29.9 Å². The average Bonchev–Trinajstić information content (AvgIpc) is 2.80. The van der Waals surface area contributed by atoms with E-state index in [1.165, 1.54) is 6.20 Å². The largest absolute Gasteiger partial charge is 0.382 e. The zero-order chi connectivity index (χ0) is 12.4. The van der Waals surface area contributed by atoms with E-state index < -0.39 is 0 Å². The molecule has 0 aliphatic carbocycles. The van der Waals surface area contributed by atoms with Gasteiger partial charge in [0.2, 0.25) is 0 Å². The lowest BCUT2D eigenvalue weighted by Crippen LogP contribution is -2.06. The molecule has 0 amide bonds. The minimum Gasteiger partial charge on any atom is -0.382 e. The summed E-state index contributed by atoms with van der Waals surface area (Å²) >= 11 is 0. The van der Waals surface area contributed by atoms with Gasteiger partial charge in [-0.15, -0.1) is 0 Å². The molecule has 0 saturated heterocycles. The quantitative estimate of drug-likeness (QED) is 0.714. The van der Waals surface area contributed by atoms with E-state index >= 15 is 0 Å². The fourth-order valence-corrected chi connectivity index (χ4v) is 1.71. The first-order valence-corrected chi connectivity index (χ1v) is 5.53. The number of anilines is 1. The van der Waals surface area contributed by atoms with Gasteiger partial charge in [0.05, 0.1) is 18.1 Å². The number of rotatable bonds is 3. The molecule has 0 aromatic carbocycles. The summed E-state index contributed by atoms with van der Waals surface area (Å²) in [6.07, 6.45) is 5.59. The molecule has 0 spiro atoms. The van der Waals surface area contributed by atoms with Gasteiger partial charge >= 0.3 is 0 Å². The van der Waals surface area contributed by atoms with Crippen molar-refractivity contribution in [3.63, 3.8) is 0 Å². The summed E-state index contributed by atoms with van der Waals surface area (Å²) in [4.78, 5) is 8.39. The van der Waals surface area contributed by atoms with E-state index in [0.29, 0.717) is 18.0 Å². The molecule has 2 N–H and O–H groups in total. The zero-order valence-electron chi connectivity index (χ0n) is 9.56. The summed E-state index contributed by atoms with van der Waals surface area (Å²) in [6.45, 7) is 0.667. The molecule has 0 fully saturated rings. The van der Waals surface area contributed by atoms with Crippen LogP contribution in [0.5, 0.6) is 0 Å². The van der Waals surface area contributed by atoms with Crippen molar-refractivity contribution in [2.24, 2.45) is 0 Å². The highest BCUT2D eigenvalue weighted by Crippen LogP contribution is 2.10. The van der Waals surface area contributed by atoms with E-state index in [1.54, 1.807) is 17.1 Å². The van der Waals surface area contributed by atoms with E-state index in [9.17, 15) is 0 Å². The smallest absolute Gasteiger partial charge is 0.178 e. The molecule has 0 saturated carbocycles. The summed E-state index contributed by atoms with van der Waals surface area (Å²) in [5.41, 5.74) is 7.97. The Morgan fingerprint density at radius 3 is 3.06 bits per heavy atom. The number of aromatic nitrogens is 6. The normalized spacial score (nSPS) is 10.9. The van der Waals surface area contributed by atoms with Crippen molar-refractivity contribution in [3.05, 3.63) is 36.4 Å². The molecule has 3 rings (SSSR count). The Morgan fingerprint density at radius 2 is 2.22 bits per heavy atom. The molecule has 18 heavy (non-hydrogen) atoms. The first-order chi connectivity index (χ1) is 8.83. The van der Waals surface area contributed by atoms with Gasteiger partial charge in [-0.1, -0.05) is 0 Å². The molecular formula is C11H11N7. The molecular weight excluding hydrogens is 230 g/mol. The topological polar surface area (TPSA) is 95.4 Å². The van der Waals surface area contributed by atoms with Crippen LogP contribution in [0.3, 0.4) is 0 Å². The SMILES string of the molecule is Nc1cnc2cnn(CCc3cccnn3)c2n1. The van der Waals surface area contributed by atoms with Gasteiger partial charge in [0.1, 0.15) is 11.3 Å². The molecule has 7 nitrogen and oxygen atoms in total. The Balaban J connectivity index is 1.85. The van der Waals surface area contributed by atoms with Gasteiger partial charge in [0.25, 0.3) is 0 Å². The van der Waals surface area contributed by atoms with Gasteiger partial charge in [-0.05, 0) is 12.1 Å². The van der Waals surface area contributed by atoms with Crippen LogP contribution in [-0.2, 0) is 13.0 Å². The molecule has 3 heterocycles. The summed E-state index contributed by atoms with van der Waals surface area (Å²) in [5.74, 6) is 0.392. The molecule has 0 unspecified atom stereocenters. The highest BCUT2D eigenvalue weighted by atomic mass is 15.3. The molecule has 0 bridgehead atoms. The average molecular weight is 241 g/mol. The third kappa shape index (κ3) is 1.97. The lowest BCUT2D eigenvalue weighted by atomic mass is 10.3. The minimum atomic E-state index is 0.392. The first kappa shape index (κ1) is 10.6. The highest BCUT2D eigenvalue weighted by molar-refractivity contribution is 5.70. The number of nitrogens with zero attached hydrogens (tertiary/aromatic N) is 6. The van der Waals surface area contributed by atoms with Gasteiger partial charge in [-0.25, -0.2) is 14.6 Å². The standard InChI is InChI=1S/C11H11N7/c12-10-7-13-9-6-15-18(11(9)16-10)5-3-8-2-1-4-14-17-8/h1-2,4,6-7H,3,5H2,(H2,12,16). The van der Waals surface area contributed by atoms with Gasteiger partial charge in [-0.3, -0.25) is 0 Å². The second-order valence-corrected chi connectivity index (χ2v) is 3.84. The zero-order valence-corrected chi connectivity index (χ0v) is 9.56. The summed E-state index contributed by atoms with van der Waals surface area (Å²) < 4.78 is 1.77. The van der Waals surface area contributed by atoms with Crippen molar-refractivity contribution >= 4 is 17.0 Å². The maximum absolute atomic E-state index is 5.62. The Kier molecular flexibility index (Phi) is 2.56. The second kappa shape index (κ2) is 4.36. The number of aryl methyl sites for hydroxylation is 2. The lowest BCUT2D eigenvalue weighted by Gasteiger charge is -2.02. The van der Waals surface area contributed by atoms with E-state index in [-0.39, 0.29) is 0 Å². The summed E-state index contributed by atoms with van der Waals surface area (Å²) in [6, 6.07) is 3.79. The van der Waals surface area contributed by atoms with Crippen molar-refractivity contribution in [2.75, 3.05) is 5.73 Å². The number of nitrogens with two attached hydrogens (primary N) is 1. The van der Waals surface area contributed by atoms with Crippen LogP contribution in [0.15, 0.2) is 30.7 Å². The lowest BCUT2D eigenvalue weighted by molar-refractivity contribution is 0.619. The highest BCUT2D eigenvalue weighted by Gasteiger charge is 2.06. The minimum absolute atomic E-state index is 0.392. The fraction of sp³-hybridized carbons (Fsp3) is 0.182. The third-order valence-electron chi connectivity index (χ3n) is 2.57. The maximum Gasteiger partial charge on any atom is 0.178 e. The molecule has 0 radical (unpaired) electrons.